The first kappa shape index (κ1) is 18.6. The van der Waals surface area contributed by atoms with Gasteiger partial charge in [-0.2, -0.15) is 30.4 Å². The number of carbonyl (C=O) groups excluding carboxylic acids is 1. The van der Waals surface area contributed by atoms with E-state index in [1.165, 1.54) is 6.07 Å². The Labute approximate surface area is 125 Å². The van der Waals surface area contributed by atoms with Gasteiger partial charge in [0.05, 0.1) is 5.56 Å². The van der Waals surface area contributed by atoms with Crippen LogP contribution in [-0.2, 0) is 14.9 Å². The zero-order valence-corrected chi connectivity index (χ0v) is 11.7. The summed E-state index contributed by atoms with van der Waals surface area (Å²) in [7, 11) is -6.48. The van der Waals surface area contributed by atoms with Gasteiger partial charge in [0.1, 0.15) is 0 Å². The maximum atomic E-state index is 13.2. The van der Waals surface area contributed by atoms with E-state index >= 15 is 0 Å². The normalized spacial score (nSPS) is 14.5. The fraction of sp³-hybridized carbons (Fsp3) is 0.300. The number of rotatable bonds is 4. The van der Waals surface area contributed by atoms with Gasteiger partial charge in [0.2, 0.25) is 0 Å². The van der Waals surface area contributed by atoms with Crippen molar-refractivity contribution < 1.29 is 44.5 Å². The van der Waals surface area contributed by atoms with E-state index in [1.54, 1.807) is 0 Å². The van der Waals surface area contributed by atoms with Gasteiger partial charge in [-0.25, -0.2) is 4.79 Å². The third kappa shape index (κ3) is 4.05. The third-order valence-corrected chi connectivity index (χ3v) is 3.37. The Kier molecular flexibility index (Phi) is 5.04. The molecule has 1 aromatic carbocycles. The fourth-order valence-corrected chi connectivity index (χ4v) is 1.89. The zero-order chi connectivity index (χ0) is 17.3. The van der Waals surface area contributed by atoms with Gasteiger partial charge >= 0.3 is 27.5 Å². The first-order valence-electron chi connectivity index (χ1n) is 5.15. The molecule has 1 aromatic rings. The van der Waals surface area contributed by atoms with Crippen LogP contribution < -0.4 is 0 Å². The second kappa shape index (κ2) is 5.97. The summed E-state index contributed by atoms with van der Waals surface area (Å²) >= 11 is 5.46. The summed E-state index contributed by atoms with van der Waals surface area (Å²) in [6.45, 7) is 0. The molecular formula is C10H6ClF5O5S. The number of hydrogen-bond acceptors (Lipinski definition) is 4. The molecule has 1 unspecified atom stereocenters. The molecule has 1 N–H and O–H groups in total. The predicted molar refractivity (Wildman–Crippen MR) is 63.2 cm³/mol. The molecule has 22 heavy (non-hydrogen) atoms. The lowest BCUT2D eigenvalue weighted by Gasteiger charge is -2.26. The van der Waals surface area contributed by atoms with Crippen molar-refractivity contribution in [2.45, 2.75) is 17.5 Å². The van der Waals surface area contributed by atoms with E-state index in [2.05, 4.69) is 4.74 Å². The van der Waals surface area contributed by atoms with Gasteiger partial charge in [-0.1, -0.05) is 17.7 Å². The molecule has 0 bridgehead atoms. The summed E-state index contributed by atoms with van der Waals surface area (Å²) in [6.07, 6.45) is -10.3. The summed E-state index contributed by atoms with van der Waals surface area (Å²) in [4.78, 5) is 11.4. The molecule has 1 rings (SSSR count). The topological polar surface area (TPSA) is 80.7 Å². The van der Waals surface area contributed by atoms with Crippen LogP contribution in [0.25, 0.3) is 0 Å². The summed E-state index contributed by atoms with van der Waals surface area (Å²) in [5.41, 5.74) is -0.618. The number of carbonyl (C=O) groups is 1. The lowest BCUT2D eigenvalue weighted by Crippen LogP contribution is -2.52. The minimum atomic E-state index is -6.48. The number of ether oxygens (including phenoxy) is 1. The minimum absolute atomic E-state index is 0.0976. The van der Waals surface area contributed by atoms with E-state index in [0.717, 1.165) is 18.2 Å². The lowest BCUT2D eigenvalue weighted by atomic mass is 10.2. The molecular weight excluding hydrogens is 363 g/mol. The van der Waals surface area contributed by atoms with Crippen molar-refractivity contribution in [1.29, 1.82) is 0 Å². The Hall–Kier alpha value is -1.46. The lowest BCUT2D eigenvalue weighted by molar-refractivity contribution is -0.248. The highest BCUT2D eigenvalue weighted by molar-refractivity contribution is 7.86. The first-order chi connectivity index (χ1) is 9.76. The maximum absolute atomic E-state index is 13.2. The monoisotopic (exact) mass is 368 g/mol. The molecule has 0 saturated carbocycles. The minimum Gasteiger partial charge on any atom is -0.441 e. The summed E-state index contributed by atoms with van der Waals surface area (Å²) in [5.74, 6) is -1.90. The largest absolute Gasteiger partial charge is 0.441 e. The molecule has 124 valence electrons. The molecule has 0 aliphatic rings. The second-order valence-electron chi connectivity index (χ2n) is 3.87. The molecule has 0 amide bonds. The van der Waals surface area contributed by atoms with Gasteiger partial charge in [0.15, 0.2) is 0 Å². The highest BCUT2D eigenvalue weighted by Gasteiger charge is 2.66. The number of hydrogen-bond donors (Lipinski definition) is 1. The van der Waals surface area contributed by atoms with Crippen LogP contribution >= 0.6 is 11.6 Å². The molecule has 12 heteroatoms. The zero-order valence-electron chi connectivity index (χ0n) is 10.1. The summed E-state index contributed by atoms with van der Waals surface area (Å²) < 4.78 is 96.6. The van der Waals surface area contributed by atoms with E-state index in [-0.39, 0.29) is 5.02 Å². The Morgan fingerprint density at radius 2 is 1.77 bits per heavy atom. The second-order valence-corrected chi connectivity index (χ2v) is 5.81. The van der Waals surface area contributed by atoms with E-state index < -0.39 is 39.2 Å². The SMILES string of the molecule is O=C(OC(C(F)(F)F)C(F)(F)S(=O)(=O)O)c1cccc(Cl)c1. The van der Waals surface area contributed by atoms with Crippen LogP contribution in [0.2, 0.25) is 5.02 Å². The smallest absolute Gasteiger partial charge is 0.432 e. The van der Waals surface area contributed by atoms with Crippen LogP contribution in [0.5, 0.6) is 0 Å². The van der Waals surface area contributed by atoms with Gasteiger partial charge in [-0.05, 0) is 18.2 Å². The van der Waals surface area contributed by atoms with Crippen molar-refractivity contribution in [2.24, 2.45) is 0 Å². The average Bonchev–Trinajstić information content (AvgIpc) is 2.32. The Bertz CT molecular complexity index is 673. The van der Waals surface area contributed by atoms with Crippen LogP contribution in [0.4, 0.5) is 22.0 Å². The van der Waals surface area contributed by atoms with E-state index in [0.29, 0.717) is 0 Å². The highest BCUT2D eigenvalue weighted by Crippen LogP contribution is 2.38. The maximum Gasteiger partial charge on any atom is 0.432 e. The molecule has 1 atom stereocenters. The number of alkyl halides is 5. The van der Waals surface area contributed by atoms with Crippen LogP contribution in [0.15, 0.2) is 24.3 Å². The van der Waals surface area contributed by atoms with Crippen LogP contribution in [-0.4, -0.2) is 36.5 Å². The van der Waals surface area contributed by atoms with Crippen molar-refractivity contribution >= 4 is 27.7 Å². The molecule has 0 fully saturated rings. The average molecular weight is 369 g/mol. The number of esters is 1. The van der Waals surface area contributed by atoms with Crippen molar-refractivity contribution in [3.05, 3.63) is 34.9 Å². The Morgan fingerprint density at radius 3 is 2.18 bits per heavy atom. The predicted octanol–water partition coefficient (Wildman–Crippen LogP) is 2.91. The molecule has 0 heterocycles. The Balaban J connectivity index is 3.19. The fourth-order valence-electron chi connectivity index (χ4n) is 1.25. The number of benzene rings is 1. The standard InChI is InChI=1S/C10H6ClF5O5S/c11-6-3-1-2-5(4-6)7(17)21-8(9(12,13)14)10(15,16)22(18,19)20/h1-4,8H,(H,18,19,20). The molecule has 0 spiro atoms. The van der Waals surface area contributed by atoms with Crippen molar-refractivity contribution in [1.82, 2.24) is 0 Å². The van der Waals surface area contributed by atoms with Crippen molar-refractivity contribution in [3.8, 4) is 0 Å². The quantitative estimate of drug-likeness (QED) is 0.502. The van der Waals surface area contributed by atoms with Crippen LogP contribution in [0, 0.1) is 0 Å². The molecule has 0 saturated heterocycles. The molecule has 0 aliphatic carbocycles. The van der Waals surface area contributed by atoms with Crippen LogP contribution in [0.1, 0.15) is 10.4 Å². The van der Waals surface area contributed by atoms with E-state index in [1.807, 2.05) is 0 Å². The van der Waals surface area contributed by atoms with E-state index in [4.69, 9.17) is 16.2 Å². The molecule has 0 aliphatic heterocycles. The Morgan fingerprint density at radius 1 is 1.23 bits per heavy atom. The van der Waals surface area contributed by atoms with Crippen molar-refractivity contribution in [2.75, 3.05) is 0 Å². The summed E-state index contributed by atoms with van der Waals surface area (Å²) in [6, 6.07) is 4.10. The molecule has 0 radical (unpaired) electrons. The van der Waals surface area contributed by atoms with Crippen molar-refractivity contribution in [3.63, 3.8) is 0 Å². The van der Waals surface area contributed by atoms with Gasteiger partial charge in [-0.3, -0.25) is 4.55 Å². The van der Waals surface area contributed by atoms with Gasteiger partial charge < -0.3 is 4.74 Å². The number of halogens is 6. The van der Waals surface area contributed by atoms with Gasteiger partial charge in [0, 0.05) is 5.02 Å². The third-order valence-electron chi connectivity index (χ3n) is 2.23. The summed E-state index contributed by atoms with van der Waals surface area (Å²) in [5, 5.41) is -5.88. The van der Waals surface area contributed by atoms with E-state index in [9.17, 15) is 35.2 Å². The molecule has 5 nitrogen and oxygen atoms in total. The highest BCUT2D eigenvalue weighted by atomic mass is 35.5. The van der Waals surface area contributed by atoms with Gasteiger partial charge in [0.25, 0.3) is 6.10 Å². The van der Waals surface area contributed by atoms with Gasteiger partial charge in [-0.15, -0.1) is 0 Å². The first-order valence-corrected chi connectivity index (χ1v) is 6.96. The molecule has 0 aromatic heterocycles. The van der Waals surface area contributed by atoms with Crippen LogP contribution in [0.3, 0.4) is 0 Å².